The molecule has 0 aliphatic carbocycles. The summed E-state index contributed by atoms with van der Waals surface area (Å²) in [5, 5.41) is 2.58. The van der Waals surface area contributed by atoms with Crippen LogP contribution in [-0.4, -0.2) is 26.1 Å². The molecule has 0 bridgehead atoms. The van der Waals surface area contributed by atoms with Gasteiger partial charge in [-0.2, -0.15) is 0 Å². The Morgan fingerprint density at radius 2 is 1.88 bits per heavy atom. The van der Waals surface area contributed by atoms with Gasteiger partial charge in [-0.25, -0.2) is 4.79 Å². The Labute approximate surface area is 99.0 Å². The maximum Gasteiger partial charge on any atom is 0.330 e. The second-order valence-corrected chi connectivity index (χ2v) is 3.05. The normalized spacial score (nSPS) is 10.0. The molecule has 0 aliphatic rings. The number of para-hydroxylation sites is 2. The fourth-order valence-electron chi connectivity index (χ4n) is 1.13. The smallest absolute Gasteiger partial charge is 0.330 e. The molecule has 0 atom stereocenters. The van der Waals surface area contributed by atoms with Crippen molar-refractivity contribution in [2.75, 3.05) is 19.5 Å². The van der Waals surface area contributed by atoms with Crippen LogP contribution in [0.5, 0.6) is 5.75 Å². The predicted molar refractivity (Wildman–Crippen MR) is 62.8 cm³/mol. The number of anilines is 1. The van der Waals surface area contributed by atoms with Crippen LogP contribution in [0.25, 0.3) is 0 Å². The summed E-state index contributed by atoms with van der Waals surface area (Å²) in [5.41, 5.74) is 0.537. The van der Waals surface area contributed by atoms with Gasteiger partial charge in [-0.3, -0.25) is 4.79 Å². The molecule has 0 aliphatic heterocycles. The highest BCUT2D eigenvalue weighted by atomic mass is 16.5. The number of methoxy groups -OCH3 is 2. The Hall–Kier alpha value is -2.30. The third-order valence-electron chi connectivity index (χ3n) is 1.94. The average Bonchev–Trinajstić information content (AvgIpc) is 2.36. The Bertz CT molecular complexity index is 440. The lowest BCUT2D eigenvalue weighted by molar-refractivity contribution is -0.135. The number of rotatable bonds is 4. The van der Waals surface area contributed by atoms with E-state index >= 15 is 0 Å². The molecule has 0 heterocycles. The molecule has 0 saturated heterocycles. The van der Waals surface area contributed by atoms with Crippen molar-refractivity contribution >= 4 is 17.6 Å². The van der Waals surface area contributed by atoms with Crippen molar-refractivity contribution < 1.29 is 19.1 Å². The van der Waals surface area contributed by atoms with E-state index < -0.39 is 11.9 Å². The lowest BCUT2D eigenvalue weighted by Gasteiger charge is -2.07. The van der Waals surface area contributed by atoms with Crippen LogP contribution in [0.3, 0.4) is 0 Å². The molecule has 5 heteroatoms. The topological polar surface area (TPSA) is 64.6 Å². The van der Waals surface area contributed by atoms with Crippen molar-refractivity contribution in [3.05, 3.63) is 36.4 Å². The minimum Gasteiger partial charge on any atom is -0.495 e. The van der Waals surface area contributed by atoms with Crippen LogP contribution in [0.15, 0.2) is 36.4 Å². The van der Waals surface area contributed by atoms with Gasteiger partial charge in [0.15, 0.2) is 0 Å². The van der Waals surface area contributed by atoms with Crippen molar-refractivity contribution in [1.82, 2.24) is 0 Å². The number of hydrogen-bond donors (Lipinski definition) is 1. The molecule has 1 N–H and O–H groups in total. The zero-order valence-electron chi connectivity index (χ0n) is 9.60. The van der Waals surface area contributed by atoms with E-state index in [1.165, 1.54) is 14.2 Å². The molecule has 1 aromatic rings. The number of benzene rings is 1. The maximum atomic E-state index is 11.4. The zero-order valence-corrected chi connectivity index (χ0v) is 9.60. The van der Waals surface area contributed by atoms with Gasteiger partial charge < -0.3 is 14.8 Å². The van der Waals surface area contributed by atoms with Gasteiger partial charge in [-0.05, 0) is 12.1 Å². The lowest BCUT2D eigenvalue weighted by atomic mass is 10.3. The Kier molecular flexibility index (Phi) is 4.75. The third kappa shape index (κ3) is 3.98. The zero-order chi connectivity index (χ0) is 12.7. The van der Waals surface area contributed by atoms with E-state index in [0.717, 1.165) is 12.2 Å². The van der Waals surface area contributed by atoms with Gasteiger partial charge in [0, 0.05) is 12.2 Å². The second-order valence-electron chi connectivity index (χ2n) is 3.05. The van der Waals surface area contributed by atoms with Gasteiger partial charge in [0.1, 0.15) is 5.75 Å². The number of ether oxygens (including phenoxy) is 2. The largest absolute Gasteiger partial charge is 0.495 e. The molecule has 0 aromatic heterocycles. The Balaban J connectivity index is 2.68. The van der Waals surface area contributed by atoms with Crippen LogP contribution in [0, 0.1) is 0 Å². The third-order valence-corrected chi connectivity index (χ3v) is 1.94. The molecule has 5 nitrogen and oxygen atoms in total. The molecular formula is C12H13NO4. The predicted octanol–water partition coefficient (Wildman–Crippen LogP) is 1.36. The van der Waals surface area contributed by atoms with Gasteiger partial charge >= 0.3 is 5.97 Å². The number of amides is 1. The minimum atomic E-state index is -0.583. The molecule has 1 aromatic carbocycles. The maximum absolute atomic E-state index is 11.4. The summed E-state index contributed by atoms with van der Waals surface area (Å²) in [4.78, 5) is 22.2. The van der Waals surface area contributed by atoms with Gasteiger partial charge in [-0.1, -0.05) is 12.1 Å². The standard InChI is InChI=1S/C12H13NO4/c1-16-10-6-4-3-5-9(10)13-11(14)7-8-12(15)17-2/h3-8H,1-2H3,(H,13,14)/b8-7+. The summed E-state index contributed by atoms with van der Waals surface area (Å²) < 4.78 is 9.43. The first-order valence-electron chi connectivity index (χ1n) is 4.87. The van der Waals surface area contributed by atoms with E-state index in [9.17, 15) is 9.59 Å². The van der Waals surface area contributed by atoms with Crippen LogP contribution in [0.1, 0.15) is 0 Å². The fourth-order valence-corrected chi connectivity index (χ4v) is 1.13. The highest BCUT2D eigenvalue weighted by Crippen LogP contribution is 2.22. The van der Waals surface area contributed by atoms with Crippen LogP contribution >= 0.6 is 0 Å². The molecule has 0 radical (unpaired) electrons. The van der Waals surface area contributed by atoms with Crippen LogP contribution < -0.4 is 10.1 Å². The molecular weight excluding hydrogens is 222 g/mol. The van der Waals surface area contributed by atoms with Crippen molar-refractivity contribution in [3.8, 4) is 5.75 Å². The summed E-state index contributed by atoms with van der Waals surface area (Å²) in [6.45, 7) is 0. The molecule has 17 heavy (non-hydrogen) atoms. The summed E-state index contributed by atoms with van der Waals surface area (Å²) in [6, 6.07) is 6.98. The summed E-state index contributed by atoms with van der Waals surface area (Å²) in [6.07, 6.45) is 2.14. The first kappa shape index (κ1) is 12.8. The van der Waals surface area contributed by atoms with E-state index in [0.29, 0.717) is 11.4 Å². The molecule has 1 rings (SSSR count). The van der Waals surface area contributed by atoms with Crippen LogP contribution in [-0.2, 0) is 14.3 Å². The van der Waals surface area contributed by atoms with Gasteiger partial charge in [0.2, 0.25) is 5.91 Å². The van der Waals surface area contributed by atoms with Gasteiger partial charge in [0.05, 0.1) is 19.9 Å². The van der Waals surface area contributed by atoms with E-state index in [1.807, 2.05) is 0 Å². The Morgan fingerprint density at radius 1 is 1.18 bits per heavy atom. The van der Waals surface area contributed by atoms with E-state index in [4.69, 9.17) is 4.74 Å². The SMILES string of the molecule is COC(=O)/C=C/C(=O)Nc1ccccc1OC. The molecule has 1 amide bonds. The van der Waals surface area contributed by atoms with Crippen molar-refractivity contribution in [2.24, 2.45) is 0 Å². The highest BCUT2D eigenvalue weighted by Gasteiger charge is 2.04. The van der Waals surface area contributed by atoms with E-state index in [2.05, 4.69) is 10.1 Å². The molecule has 90 valence electrons. The minimum absolute atomic E-state index is 0.431. The first-order chi connectivity index (χ1) is 8.17. The number of carbonyl (C=O) groups excluding carboxylic acids is 2. The van der Waals surface area contributed by atoms with Gasteiger partial charge in [0.25, 0.3) is 0 Å². The van der Waals surface area contributed by atoms with Crippen LogP contribution in [0.2, 0.25) is 0 Å². The highest BCUT2D eigenvalue weighted by molar-refractivity contribution is 6.03. The number of esters is 1. The number of hydrogen-bond acceptors (Lipinski definition) is 4. The average molecular weight is 235 g/mol. The monoisotopic (exact) mass is 235 g/mol. The first-order valence-corrected chi connectivity index (χ1v) is 4.87. The summed E-state index contributed by atoms with van der Waals surface area (Å²) in [7, 11) is 2.75. The molecule has 0 unspecified atom stereocenters. The summed E-state index contributed by atoms with van der Waals surface area (Å²) >= 11 is 0. The van der Waals surface area contributed by atoms with Crippen LogP contribution in [0.4, 0.5) is 5.69 Å². The quantitative estimate of drug-likeness (QED) is 0.632. The molecule has 0 saturated carbocycles. The van der Waals surface area contributed by atoms with Crippen molar-refractivity contribution in [3.63, 3.8) is 0 Å². The summed E-state index contributed by atoms with van der Waals surface area (Å²) in [5.74, 6) is -0.465. The Morgan fingerprint density at radius 3 is 2.53 bits per heavy atom. The molecule has 0 fully saturated rings. The fraction of sp³-hybridized carbons (Fsp3) is 0.167. The molecule has 0 spiro atoms. The van der Waals surface area contributed by atoms with Gasteiger partial charge in [-0.15, -0.1) is 0 Å². The lowest BCUT2D eigenvalue weighted by Crippen LogP contribution is -2.09. The second kappa shape index (κ2) is 6.32. The van der Waals surface area contributed by atoms with Crippen molar-refractivity contribution in [2.45, 2.75) is 0 Å². The number of nitrogens with one attached hydrogen (secondary N) is 1. The number of carbonyl (C=O) groups is 2. The van der Waals surface area contributed by atoms with E-state index in [1.54, 1.807) is 24.3 Å². The van der Waals surface area contributed by atoms with E-state index in [-0.39, 0.29) is 0 Å². The van der Waals surface area contributed by atoms with Crippen molar-refractivity contribution in [1.29, 1.82) is 0 Å².